The van der Waals surface area contributed by atoms with Crippen molar-refractivity contribution >= 4 is 0 Å². The van der Waals surface area contributed by atoms with E-state index in [0.717, 1.165) is 23.4 Å². The molecule has 1 aliphatic heterocycles. The maximum Gasteiger partial charge on any atom is 0.417 e. The van der Waals surface area contributed by atoms with Gasteiger partial charge in [-0.25, -0.2) is 0 Å². The SMILES string of the molecule is Cc1cc(-c2cncc(C(F)(F)F)c2)ccc1CC[C@H]1O[C@H](CO)[C@@H](O)[C@H](O)[C@@H]1O. The topological polar surface area (TPSA) is 103 Å². The molecular weight excluding hydrogens is 403 g/mol. The van der Waals surface area contributed by atoms with Gasteiger partial charge in [-0.1, -0.05) is 18.2 Å². The van der Waals surface area contributed by atoms with Crippen molar-refractivity contribution in [2.75, 3.05) is 6.61 Å². The zero-order valence-electron chi connectivity index (χ0n) is 16.3. The monoisotopic (exact) mass is 427 g/mol. The highest BCUT2D eigenvalue weighted by atomic mass is 19.4. The quantitative estimate of drug-likeness (QED) is 0.581. The molecule has 0 radical (unpaired) electrons. The van der Waals surface area contributed by atoms with Crippen LogP contribution in [0.1, 0.15) is 23.1 Å². The second-order valence-corrected chi connectivity index (χ2v) is 7.51. The Balaban J connectivity index is 1.72. The van der Waals surface area contributed by atoms with Crippen LogP contribution in [0.2, 0.25) is 0 Å². The Morgan fingerprint density at radius 1 is 0.967 bits per heavy atom. The molecule has 2 heterocycles. The molecule has 5 atom stereocenters. The minimum Gasteiger partial charge on any atom is -0.394 e. The van der Waals surface area contributed by atoms with Crippen LogP contribution in [0.5, 0.6) is 0 Å². The normalized spacial score (nSPS) is 27.3. The molecule has 0 saturated carbocycles. The number of pyridine rings is 1. The fourth-order valence-corrected chi connectivity index (χ4v) is 3.62. The molecule has 164 valence electrons. The molecule has 0 spiro atoms. The summed E-state index contributed by atoms with van der Waals surface area (Å²) in [6.07, 6.45) is -7.36. The molecule has 1 fully saturated rings. The van der Waals surface area contributed by atoms with E-state index in [1.54, 1.807) is 18.2 Å². The predicted molar refractivity (Wildman–Crippen MR) is 102 cm³/mol. The lowest BCUT2D eigenvalue weighted by Crippen LogP contribution is -2.58. The molecule has 1 aromatic heterocycles. The zero-order valence-corrected chi connectivity index (χ0v) is 16.3. The first-order valence-corrected chi connectivity index (χ1v) is 9.54. The van der Waals surface area contributed by atoms with Gasteiger partial charge in [0.25, 0.3) is 0 Å². The van der Waals surface area contributed by atoms with E-state index in [1.165, 1.54) is 6.20 Å². The first-order valence-electron chi connectivity index (χ1n) is 9.54. The average molecular weight is 427 g/mol. The summed E-state index contributed by atoms with van der Waals surface area (Å²) in [4.78, 5) is 3.68. The summed E-state index contributed by atoms with van der Waals surface area (Å²) >= 11 is 0. The van der Waals surface area contributed by atoms with E-state index >= 15 is 0 Å². The third-order valence-electron chi connectivity index (χ3n) is 5.43. The lowest BCUT2D eigenvalue weighted by atomic mass is 9.90. The van der Waals surface area contributed by atoms with Crippen molar-refractivity contribution < 1.29 is 38.3 Å². The van der Waals surface area contributed by atoms with Crippen molar-refractivity contribution in [3.63, 3.8) is 0 Å². The van der Waals surface area contributed by atoms with Crippen molar-refractivity contribution in [1.29, 1.82) is 0 Å². The molecule has 3 rings (SSSR count). The predicted octanol–water partition coefficient (Wildman–Crippen LogP) is 1.85. The van der Waals surface area contributed by atoms with Crippen molar-refractivity contribution in [3.8, 4) is 11.1 Å². The fraction of sp³-hybridized carbons (Fsp3) is 0.476. The Morgan fingerprint density at radius 3 is 2.30 bits per heavy atom. The van der Waals surface area contributed by atoms with E-state index in [9.17, 15) is 33.6 Å². The van der Waals surface area contributed by atoms with Crippen LogP contribution in [0, 0.1) is 6.92 Å². The number of alkyl halides is 3. The Morgan fingerprint density at radius 2 is 1.67 bits per heavy atom. The molecule has 1 saturated heterocycles. The first kappa shape index (κ1) is 22.6. The Labute approximate surface area is 171 Å². The van der Waals surface area contributed by atoms with Gasteiger partial charge in [0, 0.05) is 18.0 Å². The van der Waals surface area contributed by atoms with E-state index in [1.807, 2.05) is 6.92 Å². The van der Waals surface area contributed by atoms with Crippen molar-refractivity contribution in [3.05, 3.63) is 53.3 Å². The maximum absolute atomic E-state index is 12.9. The third-order valence-corrected chi connectivity index (χ3v) is 5.43. The van der Waals surface area contributed by atoms with E-state index in [-0.39, 0.29) is 0 Å². The second-order valence-electron chi connectivity index (χ2n) is 7.51. The molecule has 0 bridgehead atoms. The molecule has 1 aliphatic rings. The summed E-state index contributed by atoms with van der Waals surface area (Å²) < 4.78 is 44.3. The molecule has 1 aromatic carbocycles. The van der Waals surface area contributed by atoms with Gasteiger partial charge in [0.05, 0.1) is 18.3 Å². The third kappa shape index (κ3) is 4.81. The molecule has 4 N–H and O–H groups in total. The van der Waals surface area contributed by atoms with Crippen molar-refractivity contribution in [2.24, 2.45) is 0 Å². The number of aryl methyl sites for hydroxylation is 2. The standard InChI is InChI=1S/C21H24F3NO5/c1-11-6-13(14-7-15(9-25-8-14)21(22,23)24)3-2-12(11)4-5-16-18(27)20(29)19(28)17(10-26)30-16/h2-3,6-9,16-20,26-29H,4-5,10H2,1H3/t16-,17-,18-,19-,20-/m1/s1. The summed E-state index contributed by atoms with van der Waals surface area (Å²) in [6.45, 7) is 1.34. The van der Waals surface area contributed by atoms with Gasteiger partial charge in [0.1, 0.15) is 24.4 Å². The van der Waals surface area contributed by atoms with Gasteiger partial charge in [-0.05, 0) is 42.5 Å². The molecule has 2 aromatic rings. The largest absolute Gasteiger partial charge is 0.417 e. The number of benzene rings is 1. The van der Waals surface area contributed by atoms with Crippen LogP contribution in [0.3, 0.4) is 0 Å². The highest BCUT2D eigenvalue weighted by molar-refractivity contribution is 5.64. The van der Waals surface area contributed by atoms with Crippen LogP contribution in [0.4, 0.5) is 13.2 Å². The molecule has 0 unspecified atom stereocenters. The maximum atomic E-state index is 12.9. The average Bonchev–Trinajstić information content (AvgIpc) is 2.72. The van der Waals surface area contributed by atoms with Gasteiger partial charge >= 0.3 is 6.18 Å². The van der Waals surface area contributed by atoms with Gasteiger partial charge in [-0.3, -0.25) is 4.98 Å². The number of halogens is 3. The number of aromatic nitrogens is 1. The van der Waals surface area contributed by atoms with E-state index in [2.05, 4.69) is 4.98 Å². The van der Waals surface area contributed by atoms with E-state index < -0.39 is 48.9 Å². The second kappa shape index (κ2) is 8.99. The molecule has 9 heteroatoms. The highest BCUT2D eigenvalue weighted by Crippen LogP contribution is 2.32. The number of rotatable bonds is 5. The first-order chi connectivity index (χ1) is 14.1. The summed E-state index contributed by atoms with van der Waals surface area (Å²) in [7, 11) is 0. The van der Waals surface area contributed by atoms with Crippen LogP contribution in [0.25, 0.3) is 11.1 Å². The van der Waals surface area contributed by atoms with Crippen LogP contribution in [-0.2, 0) is 17.3 Å². The van der Waals surface area contributed by atoms with Crippen molar-refractivity contribution in [1.82, 2.24) is 4.98 Å². The van der Waals surface area contributed by atoms with Gasteiger partial charge in [-0.2, -0.15) is 13.2 Å². The van der Waals surface area contributed by atoms with Gasteiger partial charge < -0.3 is 25.2 Å². The minimum absolute atomic E-state index is 0.326. The van der Waals surface area contributed by atoms with E-state index in [0.29, 0.717) is 24.0 Å². The molecule has 0 aliphatic carbocycles. The number of hydrogen-bond donors (Lipinski definition) is 4. The lowest BCUT2D eigenvalue weighted by Gasteiger charge is -2.40. The number of aliphatic hydroxyl groups is 4. The van der Waals surface area contributed by atoms with Crippen LogP contribution < -0.4 is 0 Å². The smallest absolute Gasteiger partial charge is 0.394 e. The fourth-order valence-electron chi connectivity index (χ4n) is 3.62. The molecule has 6 nitrogen and oxygen atoms in total. The van der Waals surface area contributed by atoms with Gasteiger partial charge in [0.15, 0.2) is 0 Å². The van der Waals surface area contributed by atoms with Crippen LogP contribution in [0.15, 0.2) is 36.7 Å². The number of aliphatic hydroxyl groups excluding tert-OH is 4. The van der Waals surface area contributed by atoms with Crippen molar-refractivity contribution in [2.45, 2.75) is 56.5 Å². The summed E-state index contributed by atoms with van der Waals surface area (Å²) in [6, 6.07) is 6.30. The summed E-state index contributed by atoms with van der Waals surface area (Å²) in [5.74, 6) is 0. The molecule has 0 amide bonds. The lowest BCUT2D eigenvalue weighted by molar-refractivity contribution is -0.230. The number of hydrogen-bond acceptors (Lipinski definition) is 6. The number of ether oxygens (including phenoxy) is 1. The van der Waals surface area contributed by atoms with Gasteiger partial charge in [0.2, 0.25) is 0 Å². The zero-order chi connectivity index (χ0) is 22.1. The minimum atomic E-state index is -4.47. The van der Waals surface area contributed by atoms with Gasteiger partial charge in [-0.15, -0.1) is 0 Å². The summed E-state index contributed by atoms with van der Waals surface area (Å²) in [5.41, 5.74) is 1.88. The Kier molecular flexibility index (Phi) is 6.78. The molecule has 30 heavy (non-hydrogen) atoms. The number of nitrogens with zero attached hydrogens (tertiary/aromatic N) is 1. The van der Waals surface area contributed by atoms with E-state index in [4.69, 9.17) is 4.74 Å². The Hall–Kier alpha value is -2.04. The van der Waals surface area contributed by atoms with Crippen LogP contribution in [-0.4, -0.2) is 62.5 Å². The summed E-state index contributed by atoms with van der Waals surface area (Å²) in [5, 5.41) is 39.1. The van der Waals surface area contributed by atoms with Crippen LogP contribution >= 0.6 is 0 Å². The molecular formula is C21H24F3NO5. The Bertz CT molecular complexity index is 874. The highest BCUT2D eigenvalue weighted by Gasteiger charge is 2.42.